The van der Waals surface area contributed by atoms with E-state index in [1.165, 1.54) is 31.4 Å². The van der Waals surface area contributed by atoms with E-state index in [1.807, 2.05) is 0 Å². The molecule has 1 atom stereocenters. The Morgan fingerprint density at radius 2 is 2.07 bits per heavy atom. The third-order valence-corrected chi connectivity index (χ3v) is 6.56. The van der Waals surface area contributed by atoms with Crippen molar-refractivity contribution >= 4 is 45.3 Å². The minimum Gasteiger partial charge on any atom is -0.494 e. The molecule has 1 aliphatic rings. The van der Waals surface area contributed by atoms with Crippen LogP contribution in [0.4, 0.5) is 5.69 Å². The summed E-state index contributed by atoms with van der Waals surface area (Å²) in [6.07, 6.45) is 9.02. The molecule has 1 aromatic carbocycles. The number of ether oxygens (including phenoxy) is 1. The Bertz CT molecular complexity index is 998. The van der Waals surface area contributed by atoms with E-state index < -0.39 is 0 Å². The molecule has 152 valence electrons. The van der Waals surface area contributed by atoms with Crippen LogP contribution in [0.5, 0.6) is 5.75 Å². The number of oxazole rings is 1. The van der Waals surface area contributed by atoms with E-state index in [4.69, 9.17) is 14.1 Å². The van der Waals surface area contributed by atoms with Gasteiger partial charge in [0, 0.05) is 34.4 Å². The van der Waals surface area contributed by atoms with Gasteiger partial charge in [0.25, 0.3) is 5.91 Å². The number of carbonyl (C=O) groups excluding carboxylic acids is 1. The maximum absolute atomic E-state index is 12.4. The van der Waals surface area contributed by atoms with Gasteiger partial charge in [0.15, 0.2) is 11.5 Å². The number of aromatic nitrogens is 3. The minimum absolute atomic E-state index is 0.231. The number of benzene rings is 1. The fourth-order valence-electron chi connectivity index (χ4n) is 3.84. The average Bonchev–Trinajstić information content (AvgIpc) is 3.16. The van der Waals surface area contributed by atoms with Crippen LogP contribution in [0, 0.1) is 5.92 Å². The lowest BCUT2D eigenvalue weighted by Gasteiger charge is -2.28. The van der Waals surface area contributed by atoms with Crippen molar-refractivity contribution in [1.82, 2.24) is 15.0 Å². The summed E-state index contributed by atoms with van der Waals surface area (Å²) in [6.45, 7) is 2.29. The molecule has 1 N–H and O–H groups in total. The minimum atomic E-state index is -0.360. The van der Waals surface area contributed by atoms with Gasteiger partial charge < -0.3 is 14.5 Å². The lowest BCUT2D eigenvalue weighted by atomic mass is 9.81. The van der Waals surface area contributed by atoms with Crippen LogP contribution < -0.4 is 10.1 Å². The van der Waals surface area contributed by atoms with Gasteiger partial charge in [0.1, 0.15) is 17.0 Å². The highest BCUT2D eigenvalue weighted by molar-refractivity contribution is 14.1. The lowest BCUT2D eigenvalue weighted by molar-refractivity contribution is 0.102. The maximum atomic E-state index is 12.4. The molecule has 1 unspecified atom stereocenters. The van der Waals surface area contributed by atoms with Gasteiger partial charge in [-0.1, -0.05) is 29.5 Å². The molecule has 1 aliphatic carbocycles. The van der Waals surface area contributed by atoms with Crippen LogP contribution in [-0.2, 0) is 0 Å². The monoisotopic (exact) mass is 506 g/mol. The van der Waals surface area contributed by atoms with E-state index >= 15 is 0 Å². The molecule has 1 fully saturated rings. The first-order valence-corrected chi connectivity index (χ1v) is 11.0. The Morgan fingerprint density at radius 3 is 2.72 bits per heavy atom. The van der Waals surface area contributed by atoms with Gasteiger partial charge in [0.05, 0.1) is 19.0 Å². The molecule has 2 aromatic heterocycles. The summed E-state index contributed by atoms with van der Waals surface area (Å²) >= 11 is 2.52. The molecule has 8 heteroatoms. The van der Waals surface area contributed by atoms with Crippen LogP contribution in [0.25, 0.3) is 11.1 Å². The average molecular weight is 506 g/mol. The molecule has 29 heavy (non-hydrogen) atoms. The highest BCUT2D eigenvalue weighted by Crippen LogP contribution is 2.40. The number of fused-ring (bicyclic) bond motifs is 1. The van der Waals surface area contributed by atoms with Crippen molar-refractivity contribution < 1.29 is 13.9 Å². The number of alkyl halides is 1. The van der Waals surface area contributed by atoms with Gasteiger partial charge in [-0.25, -0.2) is 9.97 Å². The van der Waals surface area contributed by atoms with Gasteiger partial charge in [-0.15, -0.1) is 0 Å². The predicted octanol–water partition coefficient (Wildman–Crippen LogP) is 4.98. The number of methoxy groups -OCH3 is 1. The number of amides is 1. The zero-order valence-electron chi connectivity index (χ0n) is 16.4. The van der Waals surface area contributed by atoms with Crippen molar-refractivity contribution in [2.24, 2.45) is 5.92 Å². The zero-order valence-corrected chi connectivity index (χ0v) is 18.5. The molecule has 0 bridgehead atoms. The molecule has 1 saturated carbocycles. The smallest absolute Gasteiger partial charge is 0.275 e. The van der Waals surface area contributed by atoms with Gasteiger partial charge in [0.2, 0.25) is 0 Å². The zero-order chi connectivity index (χ0) is 20.4. The maximum Gasteiger partial charge on any atom is 0.275 e. The van der Waals surface area contributed by atoms with E-state index in [0.29, 0.717) is 26.9 Å². The molecule has 2 heterocycles. The number of hydrogen-bond acceptors (Lipinski definition) is 6. The lowest BCUT2D eigenvalue weighted by Crippen LogP contribution is -2.19. The summed E-state index contributed by atoms with van der Waals surface area (Å²) in [6, 6.07) is 3.56. The van der Waals surface area contributed by atoms with Crippen molar-refractivity contribution in [3.05, 3.63) is 42.3 Å². The molecular formula is C21H23IN4O3. The summed E-state index contributed by atoms with van der Waals surface area (Å²) in [5.74, 6) is 2.06. The summed E-state index contributed by atoms with van der Waals surface area (Å²) in [7, 11) is 1.56. The number of halogens is 1. The molecule has 3 aromatic rings. The number of nitrogens with one attached hydrogen (secondary N) is 1. The van der Waals surface area contributed by atoms with Crippen LogP contribution >= 0.6 is 22.6 Å². The third-order valence-electron chi connectivity index (χ3n) is 5.54. The second-order valence-electron chi connectivity index (χ2n) is 7.41. The summed E-state index contributed by atoms with van der Waals surface area (Å²) in [5.41, 5.74) is 2.12. The Hall–Kier alpha value is -2.23. The van der Waals surface area contributed by atoms with Crippen molar-refractivity contribution in [3.8, 4) is 5.75 Å². The first-order chi connectivity index (χ1) is 14.0. The third kappa shape index (κ3) is 4.36. The summed E-state index contributed by atoms with van der Waals surface area (Å²) < 4.78 is 12.2. The quantitative estimate of drug-likeness (QED) is 0.388. The first kappa shape index (κ1) is 20.1. The Labute approximate surface area is 182 Å². The van der Waals surface area contributed by atoms with Crippen LogP contribution in [0.15, 0.2) is 35.1 Å². The molecule has 0 saturated heterocycles. The number of rotatable bonds is 5. The highest BCUT2D eigenvalue weighted by Gasteiger charge is 2.28. The number of hydrogen-bond donors (Lipinski definition) is 1. The predicted molar refractivity (Wildman–Crippen MR) is 119 cm³/mol. The van der Waals surface area contributed by atoms with Crippen molar-refractivity contribution in [2.75, 3.05) is 12.4 Å². The first-order valence-electron chi connectivity index (χ1n) is 9.75. The molecular weight excluding hydrogens is 483 g/mol. The standard InChI is InChI=1S/C21H23IN4O3/c1-12(22)13-3-5-14(6-4-13)21-26-16-9-18(28-2)15(10-19(16)29-21)25-20(27)17-11-23-7-8-24-17/h7-14H,3-6H2,1-2H3,(H,25,27). The van der Waals surface area contributed by atoms with E-state index in [-0.39, 0.29) is 11.6 Å². The second kappa shape index (κ2) is 8.64. The van der Waals surface area contributed by atoms with Crippen molar-refractivity contribution in [3.63, 3.8) is 0 Å². The Morgan fingerprint density at radius 1 is 1.28 bits per heavy atom. The van der Waals surface area contributed by atoms with Crippen LogP contribution in [0.2, 0.25) is 0 Å². The molecule has 7 nitrogen and oxygen atoms in total. The van der Waals surface area contributed by atoms with Gasteiger partial charge in [-0.2, -0.15) is 0 Å². The van der Waals surface area contributed by atoms with E-state index in [1.54, 1.807) is 19.2 Å². The SMILES string of the molecule is COc1cc2nc(C3CCC(C(C)I)CC3)oc2cc1NC(=O)c1cnccn1. The fourth-order valence-corrected chi connectivity index (χ4v) is 4.56. The number of anilines is 1. The van der Waals surface area contributed by atoms with Crippen LogP contribution in [0.1, 0.15) is 54.9 Å². The van der Waals surface area contributed by atoms with Crippen molar-refractivity contribution in [1.29, 1.82) is 0 Å². The fraction of sp³-hybridized carbons (Fsp3) is 0.429. The molecule has 0 spiro atoms. The van der Waals surface area contributed by atoms with Crippen LogP contribution in [0.3, 0.4) is 0 Å². The summed E-state index contributed by atoms with van der Waals surface area (Å²) in [5, 5.41) is 2.82. The van der Waals surface area contributed by atoms with Crippen LogP contribution in [-0.4, -0.2) is 31.9 Å². The van der Waals surface area contributed by atoms with Gasteiger partial charge in [-0.05, 0) is 31.6 Å². The highest BCUT2D eigenvalue weighted by atomic mass is 127. The normalized spacial score (nSPS) is 20.4. The summed E-state index contributed by atoms with van der Waals surface area (Å²) in [4.78, 5) is 25.1. The van der Waals surface area contributed by atoms with Gasteiger partial charge in [-0.3, -0.25) is 9.78 Å². The molecule has 0 radical (unpaired) electrons. The molecule has 1 amide bonds. The number of carbonyl (C=O) groups is 1. The largest absolute Gasteiger partial charge is 0.494 e. The second-order valence-corrected chi connectivity index (χ2v) is 9.37. The number of nitrogens with zero attached hydrogens (tertiary/aromatic N) is 3. The molecule has 4 rings (SSSR count). The van der Waals surface area contributed by atoms with Gasteiger partial charge >= 0.3 is 0 Å². The Balaban J connectivity index is 1.57. The molecule has 0 aliphatic heterocycles. The van der Waals surface area contributed by atoms with E-state index in [0.717, 1.165) is 30.2 Å². The van der Waals surface area contributed by atoms with Crippen molar-refractivity contribution in [2.45, 2.75) is 42.4 Å². The Kier molecular flexibility index (Phi) is 5.98. The van der Waals surface area contributed by atoms with E-state index in [9.17, 15) is 4.79 Å². The topological polar surface area (TPSA) is 90.1 Å². The van der Waals surface area contributed by atoms with E-state index in [2.05, 4.69) is 44.8 Å².